The third kappa shape index (κ3) is 3.43. The summed E-state index contributed by atoms with van der Waals surface area (Å²) in [6.45, 7) is 3.00. The van der Waals surface area contributed by atoms with Crippen LogP contribution < -0.4 is 10.5 Å². The molecule has 1 aromatic rings. The van der Waals surface area contributed by atoms with Crippen molar-refractivity contribution in [2.45, 2.75) is 19.8 Å². The molecule has 1 rings (SSSR count). The molecule has 0 aliphatic rings. The average molecular weight is 274 g/mol. The maximum Gasteiger partial charge on any atom is 0.232 e. The number of hydrogen-bond acceptors (Lipinski definition) is 3. The molecule has 0 saturated carbocycles. The van der Waals surface area contributed by atoms with E-state index in [0.29, 0.717) is 5.56 Å². The van der Waals surface area contributed by atoms with Gasteiger partial charge in [-0.1, -0.05) is 6.07 Å². The third-order valence-electron chi connectivity index (χ3n) is 2.57. The van der Waals surface area contributed by atoms with Crippen LogP contribution in [0, 0.1) is 5.82 Å². The van der Waals surface area contributed by atoms with Crippen LogP contribution >= 0.6 is 0 Å². The molecule has 0 saturated heterocycles. The minimum atomic E-state index is -3.53. The number of sulfonamides is 1. The van der Waals surface area contributed by atoms with Gasteiger partial charge in [0.15, 0.2) is 0 Å². The van der Waals surface area contributed by atoms with Crippen LogP contribution in [-0.4, -0.2) is 20.1 Å². The van der Waals surface area contributed by atoms with Crippen molar-refractivity contribution in [1.29, 1.82) is 0 Å². The van der Waals surface area contributed by atoms with E-state index < -0.39 is 27.7 Å². The normalized spacial score (nSPS) is 13.1. The fraction of sp³-hybridized carbons (Fsp3) is 0.364. The summed E-state index contributed by atoms with van der Waals surface area (Å²) in [5.74, 6) is -2.09. The van der Waals surface area contributed by atoms with E-state index >= 15 is 0 Å². The highest BCUT2D eigenvalue weighted by molar-refractivity contribution is 7.92. The van der Waals surface area contributed by atoms with Gasteiger partial charge in [-0.15, -0.1) is 0 Å². The zero-order valence-electron chi connectivity index (χ0n) is 10.1. The Balaban J connectivity index is 3.04. The van der Waals surface area contributed by atoms with Gasteiger partial charge in [-0.25, -0.2) is 12.8 Å². The lowest BCUT2D eigenvalue weighted by atomic mass is 10.0. The first kappa shape index (κ1) is 14.4. The second-order valence-electron chi connectivity index (χ2n) is 3.87. The van der Waals surface area contributed by atoms with Crippen LogP contribution in [0.25, 0.3) is 0 Å². The molecule has 1 unspecified atom stereocenters. The second-order valence-corrected chi connectivity index (χ2v) is 5.88. The molecule has 7 heteroatoms. The predicted molar refractivity (Wildman–Crippen MR) is 67.1 cm³/mol. The van der Waals surface area contributed by atoms with Crippen molar-refractivity contribution in [3.8, 4) is 0 Å². The summed E-state index contributed by atoms with van der Waals surface area (Å²) >= 11 is 0. The number of anilines is 1. The molecule has 18 heavy (non-hydrogen) atoms. The van der Waals surface area contributed by atoms with E-state index in [-0.39, 0.29) is 11.4 Å². The molecule has 0 aliphatic heterocycles. The molecule has 1 atom stereocenters. The zero-order valence-corrected chi connectivity index (χ0v) is 10.9. The van der Waals surface area contributed by atoms with Crippen molar-refractivity contribution in [3.05, 3.63) is 29.6 Å². The number of amides is 1. The molecule has 3 N–H and O–H groups in total. The Hall–Kier alpha value is -1.63. The van der Waals surface area contributed by atoms with Gasteiger partial charge in [0, 0.05) is 0 Å². The quantitative estimate of drug-likeness (QED) is 0.844. The van der Waals surface area contributed by atoms with Crippen molar-refractivity contribution >= 4 is 21.6 Å². The minimum absolute atomic E-state index is 0.141. The Morgan fingerprint density at radius 2 is 2.11 bits per heavy atom. The lowest BCUT2D eigenvalue weighted by Crippen LogP contribution is -2.19. The van der Waals surface area contributed by atoms with Gasteiger partial charge in [-0.05, 0) is 31.5 Å². The molecule has 0 spiro atoms. The van der Waals surface area contributed by atoms with Gasteiger partial charge in [-0.3, -0.25) is 9.52 Å². The van der Waals surface area contributed by atoms with Crippen LogP contribution in [0.15, 0.2) is 18.2 Å². The van der Waals surface area contributed by atoms with Crippen LogP contribution in [-0.2, 0) is 14.8 Å². The Bertz CT molecular complexity index is 557. The van der Waals surface area contributed by atoms with Gasteiger partial charge < -0.3 is 5.73 Å². The Kier molecular flexibility index (Phi) is 4.28. The van der Waals surface area contributed by atoms with Gasteiger partial charge in [0.2, 0.25) is 15.9 Å². The number of nitrogens with two attached hydrogens (primary N) is 1. The minimum Gasteiger partial charge on any atom is -0.369 e. The van der Waals surface area contributed by atoms with Crippen LogP contribution in [0.3, 0.4) is 0 Å². The summed E-state index contributed by atoms with van der Waals surface area (Å²) in [5, 5.41) is 0. The molecule has 0 aliphatic carbocycles. The molecule has 1 aromatic carbocycles. The fourth-order valence-corrected chi connectivity index (χ4v) is 1.93. The topological polar surface area (TPSA) is 89.3 Å². The van der Waals surface area contributed by atoms with E-state index in [2.05, 4.69) is 4.72 Å². The van der Waals surface area contributed by atoms with E-state index in [1.54, 1.807) is 6.92 Å². The molecular weight excluding hydrogens is 259 g/mol. The summed E-state index contributed by atoms with van der Waals surface area (Å²) in [4.78, 5) is 11.0. The molecule has 0 fully saturated rings. The molecule has 0 aromatic heterocycles. The summed E-state index contributed by atoms with van der Waals surface area (Å²) in [6.07, 6.45) is 0. The number of benzene rings is 1. The number of hydrogen-bond donors (Lipinski definition) is 2. The van der Waals surface area contributed by atoms with E-state index in [9.17, 15) is 17.6 Å². The molecule has 0 bridgehead atoms. The molecule has 0 heterocycles. The molecule has 5 nitrogen and oxygen atoms in total. The van der Waals surface area contributed by atoms with Gasteiger partial charge in [0.1, 0.15) is 5.82 Å². The van der Waals surface area contributed by atoms with E-state index in [4.69, 9.17) is 5.73 Å². The first-order chi connectivity index (χ1) is 8.26. The van der Waals surface area contributed by atoms with Crippen molar-refractivity contribution in [2.24, 2.45) is 5.73 Å². The second kappa shape index (κ2) is 5.34. The standard InChI is InChI=1S/C11H15FN2O3S/c1-3-18(16,17)14-10-5-4-8(6-9(10)12)7(2)11(13)15/h4-7,14H,3H2,1-2H3,(H2,13,15). The number of primary amides is 1. The molecule has 0 radical (unpaired) electrons. The highest BCUT2D eigenvalue weighted by Crippen LogP contribution is 2.22. The third-order valence-corrected chi connectivity index (χ3v) is 3.86. The van der Waals surface area contributed by atoms with E-state index in [0.717, 1.165) is 6.07 Å². The fourth-order valence-electron chi connectivity index (χ4n) is 1.29. The van der Waals surface area contributed by atoms with Crippen molar-refractivity contribution in [3.63, 3.8) is 0 Å². The van der Waals surface area contributed by atoms with Gasteiger partial charge in [0.25, 0.3) is 0 Å². The lowest BCUT2D eigenvalue weighted by molar-refractivity contribution is -0.119. The van der Waals surface area contributed by atoms with Crippen molar-refractivity contribution in [2.75, 3.05) is 10.5 Å². The Labute approximate surface area is 105 Å². The van der Waals surface area contributed by atoms with Crippen LogP contribution in [0.1, 0.15) is 25.3 Å². The lowest BCUT2D eigenvalue weighted by Gasteiger charge is -2.11. The SMILES string of the molecule is CCS(=O)(=O)Nc1ccc(C(C)C(N)=O)cc1F. The monoisotopic (exact) mass is 274 g/mol. The summed E-state index contributed by atoms with van der Waals surface area (Å²) in [7, 11) is -3.53. The van der Waals surface area contributed by atoms with Gasteiger partial charge >= 0.3 is 0 Å². The van der Waals surface area contributed by atoms with Crippen LogP contribution in [0.5, 0.6) is 0 Å². The van der Waals surface area contributed by atoms with E-state index in [1.807, 2.05) is 0 Å². The first-order valence-electron chi connectivity index (χ1n) is 5.36. The first-order valence-corrected chi connectivity index (χ1v) is 7.01. The van der Waals surface area contributed by atoms with Gasteiger partial charge in [0.05, 0.1) is 17.4 Å². The highest BCUT2D eigenvalue weighted by atomic mass is 32.2. The molecule has 1 amide bonds. The summed E-state index contributed by atoms with van der Waals surface area (Å²) in [5.41, 5.74) is 5.37. The number of carbonyl (C=O) groups is 1. The molecular formula is C11H15FN2O3S. The smallest absolute Gasteiger partial charge is 0.232 e. The van der Waals surface area contributed by atoms with Crippen LogP contribution in [0.4, 0.5) is 10.1 Å². The zero-order chi connectivity index (χ0) is 13.9. The number of nitrogens with one attached hydrogen (secondary N) is 1. The predicted octanol–water partition coefficient (Wildman–Crippen LogP) is 1.18. The number of carbonyl (C=O) groups excluding carboxylic acids is 1. The maximum atomic E-state index is 13.7. The summed E-state index contributed by atoms with van der Waals surface area (Å²) < 4.78 is 38.4. The van der Waals surface area contributed by atoms with E-state index in [1.165, 1.54) is 19.1 Å². The maximum absolute atomic E-state index is 13.7. The van der Waals surface area contributed by atoms with Crippen molar-refractivity contribution < 1.29 is 17.6 Å². The Morgan fingerprint density at radius 3 is 2.56 bits per heavy atom. The largest absolute Gasteiger partial charge is 0.369 e. The number of halogens is 1. The van der Waals surface area contributed by atoms with Gasteiger partial charge in [-0.2, -0.15) is 0 Å². The average Bonchev–Trinajstić information content (AvgIpc) is 2.30. The Morgan fingerprint density at radius 1 is 1.50 bits per heavy atom. The van der Waals surface area contributed by atoms with Crippen molar-refractivity contribution in [1.82, 2.24) is 0 Å². The van der Waals surface area contributed by atoms with Crippen LogP contribution in [0.2, 0.25) is 0 Å². The summed E-state index contributed by atoms with van der Waals surface area (Å²) in [6, 6.07) is 3.84. The highest BCUT2D eigenvalue weighted by Gasteiger charge is 2.15. The molecule has 100 valence electrons. The number of rotatable bonds is 5.